The van der Waals surface area contributed by atoms with Gasteiger partial charge in [-0.1, -0.05) is 35.3 Å². The summed E-state index contributed by atoms with van der Waals surface area (Å²) in [6.45, 7) is 1.72. The molecule has 0 aliphatic heterocycles. The second kappa shape index (κ2) is 14.7. The molecule has 11 heteroatoms. The maximum absolute atomic E-state index is 13.1. The van der Waals surface area contributed by atoms with Crippen LogP contribution < -0.4 is 10.6 Å². The van der Waals surface area contributed by atoms with E-state index in [9.17, 15) is 14.7 Å². The Bertz CT molecular complexity index is 1190. The van der Waals surface area contributed by atoms with E-state index < -0.39 is 17.9 Å². The van der Waals surface area contributed by atoms with E-state index >= 15 is 0 Å². The van der Waals surface area contributed by atoms with Gasteiger partial charge in [0.25, 0.3) is 0 Å². The zero-order valence-electron chi connectivity index (χ0n) is 20.2. The second-order valence-corrected chi connectivity index (χ2v) is 8.69. The highest BCUT2D eigenvalue weighted by Gasteiger charge is 2.21. The number of methoxy groups -OCH3 is 1. The minimum atomic E-state index is -1.15. The number of aromatic carboxylic acids is 1. The lowest BCUT2D eigenvalue weighted by Gasteiger charge is -2.19. The fraction of sp³-hybridized carbons (Fsp3) is 0.308. The van der Waals surface area contributed by atoms with Gasteiger partial charge in [0.05, 0.1) is 55.9 Å². The first-order valence-electron chi connectivity index (χ1n) is 11.4. The number of amides is 1. The first-order valence-corrected chi connectivity index (χ1v) is 12.2. The molecule has 2 aromatic carbocycles. The van der Waals surface area contributed by atoms with Crippen molar-refractivity contribution >= 4 is 40.8 Å². The molecule has 1 heterocycles. The highest BCUT2D eigenvalue weighted by molar-refractivity contribution is 6.35. The van der Waals surface area contributed by atoms with Crippen LogP contribution in [0.2, 0.25) is 10.0 Å². The van der Waals surface area contributed by atoms with E-state index in [1.54, 1.807) is 49.6 Å². The molecule has 0 aliphatic rings. The minimum absolute atomic E-state index is 0.0163. The van der Waals surface area contributed by atoms with Crippen LogP contribution in [-0.4, -0.2) is 63.2 Å². The van der Waals surface area contributed by atoms with Gasteiger partial charge in [0.1, 0.15) is 17.6 Å². The summed E-state index contributed by atoms with van der Waals surface area (Å²) in [6.07, 6.45) is 0. The molecule has 9 nitrogen and oxygen atoms in total. The van der Waals surface area contributed by atoms with Gasteiger partial charge in [-0.2, -0.15) is 0 Å². The number of hydrogen-bond acceptors (Lipinski definition) is 7. The molecule has 3 rings (SSSR count). The fourth-order valence-corrected chi connectivity index (χ4v) is 3.70. The lowest BCUT2D eigenvalue weighted by atomic mass is 10.1. The number of halogens is 2. The zero-order chi connectivity index (χ0) is 26.6. The first-order chi connectivity index (χ1) is 17.9. The Morgan fingerprint density at radius 1 is 1.00 bits per heavy atom. The van der Waals surface area contributed by atoms with E-state index in [0.29, 0.717) is 46.9 Å². The van der Waals surface area contributed by atoms with Crippen molar-refractivity contribution < 1.29 is 33.3 Å². The molecule has 198 valence electrons. The number of carbonyl (C=O) groups is 2. The summed E-state index contributed by atoms with van der Waals surface area (Å²) in [6, 6.07) is 14.0. The first kappa shape index (κ1) is 28.6. The van der Waals surface area contributed by atoms with E-state index in [1.165, 1.54) is 12.1 Å². The van der Waals surface area contributed by atoms with Crippen molar-refractivity contribution in [1.82, 2.24) is 5.32 Å². The molecule has 1 unspecified atom stereocenters. The molecule has 1 aromatic heterocycles. The summed E-state index contributed by atoms with van der Waals surface area (Å²) in [5.41, 5.74) is 0.818. The van der Waals surface area contributed by atoms with Crippen LogP contribution in [0, 0.1) is 0 Å². The van der Waals surface area contributed by atoms with Gasteiger partial charge in [0.2, 0.25) is 5.91 Å². The number of carboxylic acid groups (broad SMARTS) is 1. The lowest BCUT2D eigenvalue weighted by molar-refractivity contribution is -0.119. The summed E-state index contributed by atoms with van der Waals surface area (Å²) in [5.74, 6) is -0.519. The minimum Gasteiger partial charge on any atom is -0.478 e. The Labute approximate surface area is 224 Å². The van der Waals surface area contributed by atoms with Crippen molar-refractivity contribution in [2.75, 3.05) is 45.5 Å². The smallest absolute Gasteiger partial charge is 0.337 e. The van der Waals surface area contributed by atoms with E-state index in [1.807, 2.05) is 0 Å². The number of rotatable bonds is 15. The van der Waals surface area contributed by atoms with E-state index in [-0.39, 0.29) is 31.0 Å². The van der Waals surface area contributed by atoms with E-state index in [2.05, 4.69) is 10.6 Å². The van der Waals surface area contributed by atoms with Crippen molar-refractivity contribution in [2.45, 2.75) is 12.6 Å². The Morgan fingerprint density at radius 2 is 1.76 bits per heavy atom. The van der Waals surface area contributed by atoms with Crippen LogP contribution >= 0.6 is 23.2 Å². The third kappa shape index (κ3) is 8.85. The molecule has 0 radical (unpaired) electrons. The van der Waals surface area contributed by atoms with Gasteiger partial charge in [0, 0.05) is 17.7 Å². The number of anilines is 1. The second-order valence-electron chi connectivity index (χ2n) is 7.84. The number of carbonyl (C=O) groups excluding carboxylic acids is 1. The molecule has 0 spiro atoms. The third-order valence-electron chi connectivity index (χ3n) is 5.20. The summed E-state index contributed by atoms with van der Waals surface area (Å²) in [7, 11) is 1.59. The van der Waals surface area contributed by atoms with Crippen molar-refractivity contribution in [2.24, 2.45) is 0 Å². The normalized spacial score (nSPS) is 11.9. The molecule has 1 amide bonds. The van der Waals surface area contributed by atoms with Crippen LogP contribution in [0.3, 0.4) is 0 Å². The topological polar surface area (TPSA) is 119 Å². The predicted octanol–water partition coefficient (Wildman–Crippen LogP) is 4.73. The molecule has 0 saturated carbocycles. The van der Waals surface area contributed by atoms with Crippen molar-refractivity contribution in [3.8, 4) is 11.3 Å². The Kier molecular flexibility index (Phi) is 11.4. The molecule has 3 N–H and O–H groups in total. The predicted molar refractivity (Wildman–Crippen MR) is 140 cm³/mol. The number of ether oxygens (including phenoxy) is 3. The largest absolute Gasteiger partial charge is 0.478 e. The quantitative estimate of drug-likeness (QED) is 0.232. The Morgan fingerprint density at radius 3 is 2.54 bits per heavy atom. The van der Waals surface area contributed by atoms with Crippen LogP contribution in [0.5, 0.6) is 0 Å². The summed E-state index contributed by atoms with van der Waals surface area (Å²) in [5, 5.41) is 16.2. The Hall–Kier alpha value is -2.92. The molecule has 1 atom stereocenters. The summed E-state index contributed by atoms with van der Waals surface area (Å²) in [4.78, 5) is 24.6. The third-order valence-corrected chi connectivity index (χ3v) is 5.76. The lowest BCUT2D eigenvalue weighted by Crippen LogP contribution is -2.44. The number of benzene rings is 2. The SMILES string of the molecule is COCCOCCOCC(NCc1ccc(-c2cc(Cl)ccc2Cl)o1)C(=O)Nc1ccccc1C(=O)O. The number of carboxylic acids is 1. The number of furan rings is 1. The maximum atomic E-state index is 13.1. The fourth-order valence-electron chi connectivity index (χ4n) is 3.32. The van der Waals surface area contributed by atoms with Gasteiger partial charge in [-0.25, -0.2) is 4.79 Å². The molecule has 0 aliphatic carbocycles. The number of para-hydroxylation sites is 1. The van der Waals surface area contributed by atoms with Crippen LogP contribution in [0.1, 0.15) is 16.1 Å². The van der Waals surface area contributed by atoms with Crippen molar-refractivity contribution in [1.29, 1.82) is 0 Å². The maximum Gasteiger partial charge on any atom is 0.337 e. The van der Waals surface area contributed by atoms with Gasteiger partial charge in [0.15, 0.2) is 0 Å². The number of nitrogens with one attached hydrogen (secondary N) is 2. The van der Waals surface area contributed by atoms with Gasteiger partial charge in [-0.3, -0.25) is 10.1 Å². The molecule has 3 aromatic rings. The molecular formula is C26H28Cl2N2O7. The van der Waals surface area contributed by atoms with Gasteiger partial charge in [-0.05, 0) is 42.5 Å². The average molecular weight is 551 g/mol. The van der Waals surface area contributed by atoms with E-state index in [0.717, 1.165) is 0 Å². The molecule has 0 fully saturated rings. The average Bonchev–Trinajstić information content (AvgIpc) is 3.35. The van der Waals surface area contributed by atoms with Crippen LogP contribution in [0.4, 0.5) is 5.69 Å². The molecular weight excluding hydrogens is 523 g/mol. The van der Waals surface area contributed by atoms with Crippen molar-refractivity contribution in [3.05, 3.63) is 76.0 Å². The van der Waals surface area contributed by atoms with Gasteiger partial charge in [-0.15, -0.1) is 0 Å². The molecule has 0 bridgehead atoms. The van der Waals surface area contributed by atoms with Crippen LogP contribution in [0.15, 0.2) is 59.0 Å². The standard InChI is InChI=1S/C26H28Cl2N2O7/c1-34-10-11-35-12-13-36-16-23(25(31)30-22-5-3-2-4-19(22)26(32)33)29-15-18-7-9-24(37-18)20-14-17(27)6-8-21(20)28/h2-9,14,23,29H,10-13,15-16H2,1H3,(H,30,31)(H,32,33). The number of hydrogen-bond donors (Lipinski definition) is 3. The van der Waals surface area contributed by atoms with Gasteiger partial charge >= 0.3 is 5.97 Å². The Balaban J connectivity index is 1.65. The molecule has 0 saturated heterocycles. The van der Waals surface area contributed by atoms with Crippen LogP contribution in [0.25, 0.3) is 11.3 Å². The summed E-state index contributed by atoms with van der Waals surface area (Å²) >= 11 is 12.4. The van der Waals surface area contributed by atoms with Gasteiger partial charge < -0.3 is 29.1 Å². The van der Waals surface area contributed by atoms with Crippen LogP contribution in [-0.2, 0) is 25.5 Å². The highest BCUT2D eigenvalue weighted by atomic mass is 35.5. The molecule has 37 heavy (non-hydrogen) atoms. The monoisotopic (exact) mass is 550 g/mol. The highest BCUT2D eigenvalue weighted by Crippen LogP contribution is 2.31. The van der Waals surface area contributed by atoms with E-state index in [4.69, 9.17) is 41.8 Å². The van der Waals surface area contributed by atoms with Crippen molar-refractivity contribution in [3.63, 3.8) is 0 Å². The zero-order valence-corrected chi connectivity index (χ0v) is 21.7. The summed E-state index contributed by atoms with van der Waals surface area (Å²) < 4.78 is 21.8.